The summed E-state index contributed by atoms with van der Waals surface area (Å²) in [4.78, 5) is 2.22. The smallest absolute Gasteiger partial charge is 0.0606 e. The summed E-state index contributed by atoms with van der Waals surface area (Å²) in [5.74, 6) is 0. The molecule has 0 heterocycles. The Bertz CT molecular complexity index is 292. The monoisotopic (exact) mass is 236 g/mol. The highest BCUT2D eigenvalue weighted by atomic mass is 16.3. The van der Waals surface area contributed by atoms with Crippen molar-refractivity contribution < 1.29 is 5.11 Å². The van der Waals surface area contributed by atoms with Gasteiger partial charge in [0.1, 0.15) is 0 Å². The van der Waals surface area contributed by atoms with Crippen molar-refractivity contribution in [2.45, 2.75) is 26.8 Å². The van der Waals surface area contributed by atoms with Crippen LogP contribution in [-0.2, 0) is 6.54 Å². The maximum atomic E-state index is 9.04. The third-order valence-electron chi connectivity index (χ3n) is 2.74. The van der Waals surface area contributed by atoms with E-state index in [2.05, 4.69) is 48.3 Å². The number of hydrogen-bond acceptors (Lipinski definition) is 3. The summed E-state index contributed by atoms with van der Waals surface area (Å²) < 4.78 is 0. The Balaban J connectivity index is 2.63. The molecule has 0 amide bonds. The molecular weight excluding hydrogens is 212 g/mol. The Labute approximate surface area is 104 Å². The van der Waals surface area contributed by atoms with Crippen molar-refractivity contribution in [1.29, 1.82) is 0 Å². The van der Waals surface area contributed by atoms with Gasteiger partial charge >= 0.3 is 0 Å². The van der Waals surface area contributed by atoms with Crippen LogP contribution in [0.1, 0.15) is 25.8 Å². The molecule has 0 saturated carbocycles. The third kappa shape index (κ3) is 4.75. The van der Waals surface area contributed by atoms with Gasteiger partial charge in [0.15, 0.2) is 0 Å². The number of aliphatic hydroxyl groups is 1. The number of anilines is 1. The van der Waals surface area contributed by atoms with Gasteiger partial charge < -0.3 is 15.3 Å². The molecule has 0 bridgehead atoms. The van der Waals surface area contributed by atoms with Gasteiger partial charge in [-0.3, -0.25) is 0 Å². The predicted octanol–water partition coefficient (Wildman–Crippen LogP) is 2.00. The van der Waals surface area contributed by atoms with Crippen LogP contribution in [0.5, 0.6) is 0 Å². The molecule has 0 fully saturated rings. The zero-order valence-corrected chi connectivity index (χ0v) is 10.9. The van der Waals surface area contributed by atoms with Gasteiger partial charge in [0.2, 0.25) is 0 Å². The molecule has 96 valence electrons. The van der Waals surface area contributed by atoms with Crippen LogP contribution >= 0.6 is 0 Å². The Morgan fingerprint density at radius 3 is 2.35 bits per heavy atom. The molecule has 17 heavy (non-hydrogen) atoms. The third-order valence-corrected chi connectivity index (χ3v) is 2.74. The minimum absolute atomic E-state index is 0.207. The normalized spacial score (nSPS) is 10.5. The summed E-state index contributed by atoms with van der Waals surface area (Å²) in [6.45, 7) is 8.09. The van der Waals surface area contributed by atoms with Gasteiger partial charge in [-0.1, -0.05) is 26.0 Å². The molecule has 0 saturated heterocycles. The predicted molar refractivity (Wildman–Crippen MR) is 73.4 cm³/mol. The molecule has 1 rings (SSSR count). The van der Waals surface area contributed by atoms with Crippen LogP contribution in [0.4, 0.5) is 5.69 Å². The lowest BCUT2D eigenvalue weighted by atomic mass is 10.2. The standard InChI is InChI=1S/C14H24N2O/c1-3-9-16(10-11-17)14-7-5-13(6-8-14)12-15-4-2/h5-8,15,17H,3-4,9-12H2,1-2H3. The summed E-state index contributed by atoms with van der Waals surface area (Å²) >= 11 is 0. The van der Waals surface area contributed by atoms with E-state index in [1.165, 1.54) is 11.3 Å². The highest BCUT2D eigenvalue weighted by Gasteiger charge is 2.04. The molecule has 3 nitrogen and oxygen atoms in total. The molecule has 0 unspecified atom stereocenters. The largest absolute Gasteiger partial charge is 0.395 e. The quantitative estimate of drug-likeness (QED) is 0.725. The molecule has 2 N–H and O–H groups in total. The van der Waals surface area contributed by atoms with Gasteiger partial charge in [-0.2, -0.15) is 0 Å². The second kappa shape index (κ2) is 8.09. The van der Waals surface area contributed by atoms with E-state index in [4.69, 9.17) is 5.11 Å². The molecule has 0 radical (unpaired) electrons. The second-order valence-electron chi connectivity index (χ2n) is 4.16. The number of nitrogens with one attached hydrogen (secondary N) is 1. The van der Waals surface area contributed by atoms with Crippen LogP contribution in [0, 0.1) is 0 Å². The highest BCUT2D eigenvalue weighted by Crippen LogP contribution is 2.15. The number of nitrogens with zero attached hydrogens (tertiary/aromatic N) is 1. The topological polar surface area (TPSA) is 35.5 Å². The first kappa shape index (κ1) is 14.0. The summed E-state index contributed by atoms with van der Waals surface area (Å²) in [7, 11) is 0. The lowest BCUT2D eigenvalue weighted by molar-refractivity contribution is 0.302. The zero-order chi connectivity index (χ0) is 12.5. The fourth-order valence-corrected chi connectivity index (χ4v) is 1.85. The Morgan fingerprint density at radius 1 is 1.12 bits per heavy atom. The number of aliphatic hydroxyl groups excluding tert-OH is 1. The van der Waals surface area contributed by atoms with Crippen LogP contribution in [0.15, 0.2) is 24.3 Å². The molecule has 0 aliphatic rings. The van der Waals surface area contributed by atoms with Crippen molar-refractivity contribution in [3.8, 4) is 0 Å². The van der Waals surface area contributed by atoms with Crippen LogP contribution in [-0.4, -0.2) is 31.3 Å². The van der Waals surface area contributed by atoms with E-state index >= 15 is 0 Å². The zero-order valence-electron chi connectivity index (χ0n) is 10.9. The summed E-state index contributed by atoms with van der Waals surface area (Å²) in [6.07, 6.45) is 1.10. The van der Waals surface area contributed by atoms with Crippen molar-refractivity contribution in [1.82, 2.24) is 5.32 Å². The molecule has 0 aliphatic heterocycles. The first-order valence-electron chi connectivity index (χ1n) is 6.47. The van der Waals surface area contributed by atoms with Crippen molar-refractivity contribution >= 4 is 5.69 Å². The fraction of sp³-hybridized carbons (Fsp3) is 0.571. The Kier molecular flexibility index (Phi) is 6.67. The summed E-state index contributed by atoms with van der Waals surface area (Å²) in [6, 6.07) is 8.58. The lowest BCUT2D eigenvalue weighted by Crippen LogP contribution is -2.27. The minimum atomic E-state index is 0.207. The Morgan fingerprint density at radius 2 is 1.82 bits per heavy atom. The van der Waals surface area contributed by atoms with E-state index in [1.807, 2.05) is 0 Å². The van der Waals surface area contributed by atoms with E-state index in [9.17, 15) is 0 Å². The second-order valence-corrected chi connectivity index (χ2v) is 4.16. The number of hydrogen-bond donors (Lipinski definition) is 2. The van der Waals surface area contributed by atoms with Crippen LogP contribution in [0.3, 0.4) is 0 Å². The van der Waals surface area contributed by atoms with Crippen molar-refractivity contribution in [3.63, 3.8) is 0 Å². The maximum Gasteiger partial charge on any atom is 0.0606 e. The van der Waals surface area contributed by atoms with E-state index in [-0.39, 0.29) is 6.61 Å². The van der Waals surface area contributed by atoms with E-state index in [0.717, 1.165) is 26.1 Å². The number of rotatable bonds is 8. The molecule has 0 spiro atoms. The molecular formula is C14H24N2O. The van der Waals surface area contributed by atoms with Gasteiger partial charge in [0.25, 0.3) is 0 Å². The molecule has 1 aromatic carbocycles. The van der Waals surface area contributed by atoms with E-state index in [0.29, 0.717) is 6.54 Å². The van der Waals surface area contributed by atoms with Crippen LogP contribution < -0.4 is 10.2 Å². The SMILES string of the molecule is CCCN(CCO)c1ccc(CNCC)cc1. The van der Waals surface area contributed by atoms with E-state index in [1.54, 1.807) is 0 Å². The van der Waals surface area contributed by atoms with Crippen LogP contribution in [0.25, 0.3) is 0 Å². The molecule has 1 aromatic rings. The highest BCUT2D eigenvalue weighted by molar-refractivity contribution is 5.47. The molecule has 0 atom stereocenters. The summed E-state index contributed by atoms with van der Waals surface area (Å²) in [5, 5.41) is 12.4. The van der Waals surface area contributed by atoms with Crippen molar-refractivity contribution in [3.05, 3.63) is 29.8 Å². The maximum absolute atomic E-state index is 9.04. The summed E-state index contributed by atoms with van der Waals surface area (Å²) in [5.41, 5.74) is 2.50. The van der Waals surface area contributed by atoms with Crippen molar-refractivity contribution in [2.24, 2.45) is 0 Å². The van der Waals surface area contributed by atoms with Gasteiger partial charge in [0.05, 0.1) is 6.61 Å². The van der Waals surface area contributed by atoms with Crippen LogP contribution in [0.2, 0.25) is 0 Å². The van der Waals surface area contributed by atoms with Gasteiger partial charge in [-0.15, -0.1) is 0 Å². The molecule has 0 aliphatic carbocycles. The van der Waals surface area contributed by atoms with Gasteiger partial charge in [-0.25, -0.2) is 0 Å². The van der Waals surface area contributed by atoms with Gasteiger partial charge in [-0.05, 0) is 30.7 Å². The minimum Gasteiger partial charge on any atom is -0.395 e. The first-order chi connectivity index (χ1) is 8.31. The van der Waals surface area contributed by atoms with Crippen molar-refractivity contribution in [2.75, 3.05) is 31.1 Å². The lowest BCUT2D eigenvalue weighted by Gasteiger charge is -2.23. The van der Waals surface area contributed by atoms with Gasteiger partial charge in [0, 0.05) is 25.3 Å². The fourth-order valence-electron chi connectivity index (χ4n) is 1.85. The molecule has 3 heteroatoms. The molecule has 0 aromatic heterocycles. The average Bonchev–Trinajstić information content (AvgIpc) is 2.37. The number of benzene rings is 1. The Hall–Kier alpha value is -1.06. The first-order valence-corrected chi connectivity index (χ1v) is 6.47. The average molecular weight is 236 g/mol. The van der Waals surface area contributed by atoms with E-state index < -0.39 is 0 Å².